The third-order valence-electron chi connectivity index (χ3n) is 2.15. The summed E-state index contributed by atoms with van der Waals surface area (Å²) in [5.74, 6) is 0.605. The Morgan fingerprint density at radius 1 is 1.32 bits per heavy atom. The summed E-state index contributed by atoms with van der Waals surface area (Å²) < 4.78 is 0. The predicted octanol–water partition coefficient (Wildman–Crippen LogP) is 3.92. The monoisotopic (exact) mass is 301 g/mol. The van der Waals surface area contributed by atoms with E-state index < -0.39 is 0 Å². The van der Waals surface area contributed by atoms with Gasteiger partial charge in [-0.05, 0) is 29.7 Å². The molecule has 0 heterocycles. The molecule has 1 aromatic carbocycles. The summed E-state index contributed by atoms with van der Waals surface area (Å²) in [6.45, 7) is 6.63. The highest BCUT2D eigenvalue weighted by Gasteiger charge is 2.16. The molecule has 0 radical (unpaired) electrons. The van der Waals surface area contributed by atoms with Crippen molar-refractivity contribution < 1.29 is 9.63 Å². The largest absolute Gasteiger partial charge is 0.371 e. The normalized spacial score (nSPS) is 11.4. The van der Waals surface area contributed by atoms with Crippen LogP contribution in [0.1, 0.15) is 27.2 Å². The van der Waals surface area contributed by atoms with Crippen molar-refractivity contribution >= 4 is 29.3 Å². The van der Waals surface area contributed by atoms with Gasteiger partial charge in [0.1, 0.15) is 0 Å². The summed E-state index contributed by atoms with van der Waals surface area (Å²) in [5, 5.41) is 0.735. The number of nitrogens with one attached hydrogen (secondary N) is 1. The van der Waals surface area contributed by atoms with Crippen molar-refractivity contribution in [3.05, 3.63) is 29.3 Å². The van der Waals surface area contributed by atoms with Gasteiger partial charge in [-0.15, -0.1) is 11.8 Å². The lowest BCUT2D eigenvalue weighted by molar-refractivity contribution is -0.152. The lowest BCUT2D eigenvalue weighted by Crippen LogP contribution is -2.25. The first kappa shape index (κ1) is 16.3. The topological polar surface area (TPSA) is 38.3 Å². The van der Waals surface area contributed by atoms with Crippen LogP contribution in [0, 0.1) is 5.41 Å². The van der Waals surface area contributed by atoms with Crippen molar-refractivity contribution in [2.45, 2.75) is 32.1 Å². The first-order chi connectivity index (χ1) is 8.87. The van der Waals surface area contributed by atoms with Crippen LogP contribution in [0.25, 0.3) is 0 Å². The van der Waals surface area contributed by atoms with Crippen molar-refractivity contribution in [2.24, 2.45) is 5.41 Å². The smallest absolute Gasteiger partial charge is 0.325 e. The lowest BCUT2D eigenvalue weighted by atomic mass is 9.93. The van der Waals surface area contributed by atoms with Crippen LogP contribution in [-0.4, -0.2) is 18.3 Å². The molecule has 0 saturated carbocycles. The zero-order valence-corrected chi connectivity index (χ0v) is 13.1. The van der Waals surface area contributed by atoms with E-state index in [0.29, 0.717) is 13.0 Å². The second-order valence-electron chi connectivity index (χ2n) is 5.41. The fourth-order valence-electron chi connectivity index (χ4n) is 1.34. The molecule has 0 aliphatic carbocycles. The molecule has 1 aromatic rings. The summed E-state index contributed by atoms with van der Waals surface area (Å²) in [6, 6.07) is 7.67. The first-order valence-electron chi connectivity index (χ1n) is 6.18. The maximum Gasteiger partial charge on any atom is 0.325 e. The van der Waals surface area contributed by atoms with E-state index >= 15 is 0 Å². The second-order valence-corrected chi connectivity index (χ2v) is 7.01. The summed E-state index contributed by atoms with van der Waals surface area (Å²) >= 11 is 7.49. The average Bonchev–Trinajstić information content (AvgIpc) is 2.29. The molecule has 0 atom stereocenters. The van der Waals surface area contributed by atoms with E-state index in [0.717, 1.165) is 15.7 Å². The Morgan fingerprint density at radius 3 is 2.53 bits per heavy atom. The Hall–Kier alpha value is -0.710. The molecule has 0 spiro atoms. The molecule has 0 saturated heterocycles. The van der Waals surface area contributed by atoms with Gasteiger partial charge in [0.25, 0.3) is 0 Å². The number of hydrogen-bond donors (Lipinski definition) is 1. The molecule has 0 aromatic heterocycles. The predicted molar refractivity (Wildman–Crippen MR) is 80.3 cm³/mol. The molecule has 5 heteroatoms. The molecule has 1 N–H and O–H groups in total. The maximum atomic E-state index is 11.4. The summed E-state index contributed by atoms with van der Waals surface area (Å²) in [5.41, 5.74) is 2.65. The van der Waals surface area contributed by atoms with Crippen molar-refractivity contribution in [3.63, 3.8) is 0 Å². The first-order valence-corrected chi connectivity index (χ1v) is 7.54. The number of halogens is 1. The Morgan fingerprint density at radius 2 is 1.95 bits per heavy atom. The highest BCUT2D eigenvalue weighted by molar-refractivity contribution is 7.99. The van der Waals surface area contributed by atoms with Gasteiger partial charge in [0.05, 0.1) is 6.42 Å². The van der Waals surface area contributed by atoms with Crippen LogP contribution >= 0.6 is 23.4 Å². The van der Waals surface area contributed by atoms with Gasteiger partial charge < -0.3 is 4.84 Å². The van der Waals surface area contributed by atoms with Crippen LogP contribution in [0.2, 0.25) is 5.02 Å². The number of benzene rings is 1. The maximum absolute atomic E-state index is 11.4. The Bertz CT molecular complexity index is 401. The van der Waals surface area contributed by atoms with Crippen LogP contribution < -0.4 is 5.48 Å². The molecule has 0 aliphatic rings. The molecule has 0 aliphatic heterocycles. The molecule has 106 valence electrons. The van der Waals surface area contributed by atoms with Gasteiger partial charge in [-0.2, -0.15) is 5.48 Å². The standard InChI is InChI=1S/C14H20ClNO2S/c1-14(2,3)10-13(17)18-16-8-9-19-12-6-4-11(15)5-7-12/h4-7,16H,8-10H2,1-3H3. The average molecular weight is 302 g/mol. The van der Waals surface area contributed by atoms with Crippen LogP contribution in [0.5, 0.6) is 0 Å². The third kappa shape index (κ3) is 8.14. The van der Waals surface area contributed by atoms with Gasteiger partial charge in [-0.3, -0.25) is 4.79 Å². The van der Waals surface area contributed by atoms with Crippen LogP contribution in [0.4, 0.5) is 0 Å². The van der Waals surface area contributed by atoms with Crippen LogP contribution in [-0.2, 0) is 9.63 Å². The number of carbonyl (C=O) groups is 1. The molecule has 0 amide bonds. The minimum absolute atomic E-state index is 0.0448. The SMILES string of the molecule is CC(C)(C)CC(=O)ONCCSc1ccc(Cl)cc1. The van der Waals surface area contributed by atoms with E-state index in [2.05, 4.69) is 5.48 Å². The van der Waals surface area contributed by atoms with Gasteiger partial charge in [-0.1, -0.05) is 32.4 Å². The van der Waals surface area contributed by atoms with Crippen molar-refractivity contribution in [1.82, 2.24) is 5.48 Å². The van der Waals surface area contributed by atoms with Crippen molar-refractivity contribution in [1.29, 1.82) is 0 Å². The van der Waals surface area contributed by atoms with Gasteiger partial charge in [-0.25, -0.2) is 0 Å². The van der Waals surface area contributed by atoms with Crippen LogP contribution in [0.3, 0.4) is 0 Å². The van der Waals surface area contributed by atoms with Gasteiger partial charge in [0, 0.05) is 22.2 Å². The van der Waals surface area contributed by atoms with E-state index in [1.54, 1.807) is 11.8 Å². The van der Waals surface area contributed by atoms with Gasteiger partial charge >= 0.3 is 5.97 Å². The number of rotatable bonds is 6. The molecule has 19 heavy (non-hydrogen) atoms. The quantitative estimate of drug-likeness (QED) is 0.491. The van der Waals surface area contributed by atoms with Gasteiger partial charge in [0.2, 0.25) is 0 Å². The highest BCUT2D eigenvalue weighted by atomic mass is 35.5. The summed E-state index contributed by atoms with van der Waals surface area (Å²) in [6.07, 6.45) is 0.407. The highest BCUT2D eigenvalue weighted by Crippen LogP contribution is 2.20. The number of hydrogen-bond acceptors (Lipinski definition) is 4. The van der Waals surface area contributed by atoms with Gasteiger partial charge in [0.15, 0.2) is 0 Å². The molecular formula is C14H20ClNO2S. The van der Waals surface area contributed by atoms with Crippen LogP contribution in [0.15, 0.2) is 29.2 Å². The molecule has 3 nitrogen and oxygen atoms in total. The van der Waals surface area contributed by atoms with Crippen molar-refractivity contribution in [2.75, 3.05) is 12.3 Å². The fourth-order valence-corrected chi connectivity index (χ4v) is 2.22. The summed E-state index contributed by atoms with van der Waals surface area (Å²) in [7, 11) is 0. The molecule has 1 rings (SSSR count). The lowest BCUT2D eigenvalue weighted by Gasteiger charge is -2.16. The molecular weight excluding hydrogens is 282 g/mol. The minimum atomic E-state index is -0.219. The van der Waals surface area contributed by atoms with E-state index in [4.69, 9.17) is 16.4 Å². The van der Waals surface area contributed by atoms with Crippen molar-refractivity contribution in [3.8, 4) is 0 Å². The third-order valence-corrected chi connectivity index (χ3v) is 3.41. The summed E-state index contributed by atoms with van der Waals surface area (Å²) in [4.78, 5) is 17.5. The Balaban J connectivity index is 2.11. The zero-order valence-electron chi connectivity index (χ0n) is 11.5. The molecule has 0 unspecified atom stereocenters. The fraction of sp³-hybridized carbons (Fsp3) is 0.500. The number of hydroxylamine groups is 1. The number of thioether (sulfide) groups is 1. The zero-order chi connectivity index (χ0) is 14.3. The van der Waals surface area contributed by atoms with E-state index in [1.807, 2.05) is 45.0 Å². The molecule has 0 fully saturated rings. The van der Waals surface area contributed by atoms with E-state index in [-0.39, 0.29) is 11.4 Å². The minimum Gasteiger partial charge on any atom is -0.371 e. The Labute approximate surface area is 124 Å². The van der Waals surface area contributed by atoms with E-state index in [1.165, 1.54) is 0 Å². The second kappa shape index (κ2) is 7.78. The molecule has 0 bridgehead atoms. The Kier molecular flexibility index (Phi) is 6.69. The number of carbonyl (C=O) groups excluding carboxylic acids is 1. The van der Waals surface area contributed by atoms with E-state index in [9.17, 15) is 4.79 Å².